The number of guanidine groups is 1. The number of rotatable bonds is 9. The van der Waals surface area contributed by atoms with Gasteiger partial charge < -0.3 is 20.1 Å². The van der Waals surface area contributed by atoms with E-state index in [1.807, 2.05) is 36.4 Å². The summed E-state index contributed by atoms with van der Waals surface area (Å²) >= 11 is 0. The van der Waals surface area contributed by atoms with Crippen LogP contribution in [0.1, 0.15) is 5.56 Å². The zero-order valence-electron chi connectivity index (χ0n) is 14.4. The van der Waals surface area contributed by atoms with Gasteiger partial charge in [0, 0.05) is 25.4 Å². The fraction of sp³-hybridized carbons (Fsp3) is 0.263. The summed E-state index contributed by atoms with van der Waals surface area (Å²) in [5.74, 6) is 2.29. The minimum absolute atomic E-state index is 0.482. The molecule has 0 aliphatic rings. The van der Waals surface area contributed by atoms with Crippen LogP contribution < -0.4 is 20.1 Å². The molecule has 0 bridgehead atoms. The average Bonchev–Trinajstić information content (AvgIpc) is 2.67. The molecule has 132 valence electrons. The Bertz CT molecular complexity index is 674. The number of hydrogen-bond acceptors (Lipinski definition) is 4. The monoisotopic (exact) mass is 340 g/mol. The first-order chi connectivity index (χ1) is 12.3. The van der Waals surface area contributed by atoms with Gasteiger partial charge in [0.2, 0.25) is 0 Å². The topological polar surface area (TPSA) is 67.8 Å². The Morgan fingerprint density at radius 1 is 1.20 bits per heavy atom. The van der Waals surface area contributed by atoms with Gasteiger partial charge in [-0.05, 0) is 18.2 Å². The van der Waals surface area contributed by atoms with Gasteiger partial charge in [0.05, 0.1) is 12.7 Å². The number of ether oxygens (including phenoxy) is 2. The second-order valence-electron chi connectivity index (χ2n) is 5.10. The van der Waals surface area contributed by atoms with Crippen molar-refractivity contribution in [3.05, 3.63) is 67.0 Å². The maximum absolute atomic E-state index is 5.66. The molecule has 2 N–H and O–H groups in total. The molecule has 0 saturated carbocycles. The van der Waals surface area contributed by atoms with Crippen molar-refractivity contribution in [3.63, 3.8) is 0 Å². The summed E-state index contributed by atoms with van der Waals surface area (Å²) in [7, 11) is 1.73. The van der Waals surface area contributed by atoms with E-state index in [1.165, 1.54) is 0 Å². The van der Waals surface area contributed by atoms with Crippen molar-refractivity contribution in [2.75, 3.05) is 26.8 Å². The maximum Gasteiger partial charge on any atom is 0.191 e. The maximum atomic E-state index is 5.66. The number of hydrogen-bond donors (Lipinski definition) is 2. The molecule has 6 heteroatoms. The first-order valence-electron chi connectivity index (χ1n) is 8.12. The Labute approximate surface area is 148 Å². The van der Waals surface area contributed by atoms with Crippen LogP contribution in [0, 0.1) is 0 Å². The quantitative estimate of drug-likeness (QED) is 0.317. The highest BCUT2D eigenvalue weighted by Crippen LogP contribution is 2.17. The summed E-state index contributed by atoms with van der Waals surface area (Å²) in [5.41, 5.74) is 1.05. The van der Waals surface area contributed by atoms with E-state index in [-0.39, 0.29) is 0 Å². The zero-order valence-corrected chi connectivity index (χ0v) is 14.4. The number of aromatic nitrogens is 1. The molecule has 0 amide bonds. The van der Waals surface area contributed by atoms with Crippen LogP contribution >= 0.6 is 0 Å². The van der Waals surface area contributed by atoms with Crippen LogP contribution in [0.3, 0.4) is 0 Å². The Morgan fingerprint density at radius 2 is 2.08 bits per heavy atom. The number of benzene rings is 1. The molecule has 0 saturated heterocycles. The highest BCUT2D eigenvalue weighted by atomic mass is 16.5. The van der Waals surface area contributed by atoms with E-state index in [9.17, 15) is 0 Å². The van der Waals surface area contributed by atoms with Crippen LogP contribution in [-0.2, 0) is 6.54 Å². The molecule has 0 radical (unpaired) electrons. The highest BCUT2D eigenvalue weighted by molar-refractivity contribution is 5.79. The van der Waals surface area contributed by atoms with Crippen molar-refractivity contribution >= 4 is 5.96 Å². The van der Waals surface area contributed by atoms with Crippen LogP contribution in [0.4, 0.5) is 0 Å². The molecule has 1 heterocycles. The van der Waals surface area contributed by atoms with Crippen molar-refractivity contribution in [2.45, 2.75) is 6.54 Å². The minimum atomic E-state index is 0.482. The molecule has 0 unspecified atom stereocenters. The van der Waals surface area contributed by atoms with Crippen molar-refractivity contribution in [1.82, 2.24) is 15.6 Å². The lowest BCUT2D eigenvalue weighted by Gasteiger charge is -2.14. The fourth-order valence-corrected chi connectivity index (χ4v) is 2.11. The summed E-state index contributed by atoms with van der Waals surface area (Å²) in [5, 5.41) is 6.48. The Kier molecular flexibility index (Phi) is 7.84. The molecule has 0 aliphatic heterocycles. The molecule has 0 aliphatic carbocycles. The standard InChI is InChI=1S/C19H24N4O2/c1-3-12-25-18-9-5-4-7-16(18)14-23-19(20-2)22-11-13-24-17-8-6-10-21-15-17/h3-10,15H,1,11-14H2,2H3,(H2,20,22,23). The van der Waals surface area contributed by atoms with Gasteiger partial charge in [0.25, 0.3) is 0 Å². The van der Waals surface area contributed by atoms with Crippen LogP contribution in [0.25, 0.3) is 0 Å². The Balaban J connectivity index is 1.76. The molecule has 25 heavy (non-hydrogen) atoms. The van der Waals surface area contributed by atoms with E-state index in [1.54, 1.807) is 25.5 Å². The molecule has 6 nitrogen and oxygen atoms in total. The number of aliphatic imine (C=N–C) groups is 1. The van der Waals surface area contributed by atoms with E-state index in [0.717, 1.165) is 17.1 Å². The molecule has 2 aromatic rings. The second kappa shape index (κ2) is 10.7. The fourth-order valence-electron chi connectivity index (χ4n) is 2.11. The summed E-state index contributed by atoms with van der Waals surface area (Å²) in [4.78, 5) is 8.22. The average molecular weight is 340 g/mol. The van der Waals surface area contributed by atoms with Gasteiger partial charge >= 0.3 is 0 Å². The Hall–Kier alpha value is -3.02. The SMILES string of the molecule is C=CCOc1ccccc1CNC(=NC)NCCOc1cccnc1. The predicted octanol–water partition coefficient (Wildman–Crippen LogP) is 2.39. The smallest absolute Gasteiger partial charge is 0.191 e. The lowest BCUT2D eigenvalue weighted by molar-refractivity contribution is 0.320. The lowest BCUT2D eigenvalue weighted by Crippen LogP contribution is -2.38. The third-order valence-electron chi connectivity index (χ3n) is 3.30. The van der Waals surface area contributed by atoms with Gasteiger partial charge in [0.15, 0.2) is 5.96 Å². The number of nitrogens with zero attached hydrogens (tertiary/aromatic N) is 2. The number of pyridine rings is 1. The van der Waals surface area contributed by atoms with E-state index in [0.29, 0.717) is 32.3 Å². The largest absolute Gasteiger partial charge is 0.490 e. The van der Waals surface area contributed by atoms with Gasteiger partial charge in [-0.25, -0.2) is 0 Å². The molecule has 0 fully saturated rings. The van der Waals surface area contributed by atoms with E-state index < -0.39 is 0 Å². The van der Waals surface area contributed by atoms with Crippen molar-refractivity contribution < 1.29 is 9.47 Å². The summed E-state index contributed by atoms with van der Waals surface area (Å²) in [6.07, 6.45) is 5.13. The molecule has 1 aromatic heterocycles. The van der Waals surface area contributed by atoms with Gasteiger partial charge in [-0.3, -0.25) is 9.98 Å². The normalized spacial score (nSPS) is 10.8. The molecule has 0 atom stereocenters. The van der Waals surface area contributed by atoms with Gasteiger partial charge in [-0.1, -0.05) is 30.9 Å². The lowest BCUT2D eigenvalue weighted by atomic mass is 10.2. The summed E-state index contributed by atoms with van der Waals surface area (Å²) in [6.45, 7) is 5.91. The van der Waals surface area contributed by atoms with E-state index >= 15 is 0 Å². The van der Waals surface area contributed by atoms with Gasteiger partial charge in [0.1, 0.15) is 24.7 Å². The third kappa shape index (κ3) is 6.55. The van der Waals surface area contributed by atoms with Crippen molar-refractivity contribution in [2.24, 2.45) is 4.99 Å². The van der Waals surface area contributed by atoms with Crippen LogP contribution in [-0.4, -0.2) is 37.7 Å². The number of para-hydroxylation sites is 1. The van der Waals surface area contributed by atoms with Gasteiger partial charge in [-0.15, -0.1) is 0 Å². The minimum Gasteiger partial charge on any atom is -0.490 e. The molecular formula is C19H24N4O2. The highest BCUT2D eigenvalue weighted by Gasteiger charge is 2.04. The van der Waals surface area contributed by atoms with E-state index in [2.05, 4.69) is 27.2 Å². The van der Waals surface area contributed by atoms with Crippen LogP contribution in [0.5, 0.6) is 11.5 Å². The van der Waals surface area contributed by atoms with Crippen molar-refractivity contribution in [1.29, 1.82) is 0 Å². The molecule has 2 rings (SSSR count). The van der Waals surface area contributed by atoms with Crippen LogP contribution in [0.15, 0.2) is 66.4 Å². The van der Waals surface area contributed by atoms with Gasteiger partial charge in [-0.2, -0.15) is 0 Å². The number of nitrogens with one attached hydrogen (secondary N) is 2. The summed E-state index contributed by atoms with van der Waals surface area (Å²) in [6, 6.07) is 11.6. The zero-order chi connectivity index (χ0) is 17.7. The molecule has 0 spiro atoms. The Morgan fingerprint density at radius 3 is 2.84 bits per heavy atom. The van der Waals surface area contributed by atoms with Crippen LogP contribution in [0.2, 0.25) is 0 Å². The van der Waals surface area contributed by atoms with Crippen molar-refractivity contribution in [3.8, 4) is 11.5 Å². The first kappa shape index (κ1) is 18.3. The third-order valence-corrected chi connectivity index (χ3v) is 3.30. The molecular weight excluding hydrogens is 316 g/mol. The second-order valence-corrected chi connectivity index (χ2v) is 5.10. The molecule has 1 aromatic carbocycles. The first-order valence-corrected chi connectivity index (χ1v) is 8.12. The summed E-state index contributed by atoms with van der Waals surface area (Å²) < 4.78 is 11.2. The predicted molar refractivity (Wildman–Crippen MR) is 100 cm³/mol. The van der Waals surface area contributed by atoms with E-state index in [4.69, 9.17) is 9.47 Å².